The first-order valence-corrected chi connectivity index (χ1v) is 6.10. The van der Waals surface area contributed by atoms with Crippen molar-refractivity contribution in [1.29, 1.82) is 0 Å². The summed E-state index contributed by atoms with van der Waals surface area (Å²) in [5, 5.41) is 9.19. The minimum absolute atomic E-state index is 0.0119. The number of carbonyl (C=O) groups is 1. The molecule has 1 aromatic rings. The number of carboxylic acids is 1. The summed E-state index contributed by atoms with van der Waals surface area (Å²) in [5.74, 6) is -0.00107. The summed E-state index contributed by atoms with van der Waals surface area (Å²) < 4.78 is 5.32. The summed E-state index contributed by atoms with van der Waals surface area (Å²) in [6.45, 7) is 3.87. The molecule has 0 spiro atoms. The second-order valence-corrected chi connectivity index (χ2v) is 4.35. The first-order valence-electron chi connectivity index (χ1n) is 6.10. The Balaban J connectivity index is 2.98. The van der Waals surface area contributed by atoms with Crippen LogP contribution >= 0.6 is 0 Å². The first kappa shape index (κ1) is 14.5. The standard InChI is InChI=1S/C14H21NO3/c1-5-12(14(16)17)15(3)10(2)11-8-6-7-9-13(11)18-4/h6-10,12H,5H2,1-4H3,(H,16,17). The second-order valence-electron chi connectivity index (χ2n) is 4.35. The van der Waals surface area contributed by atoms with Gasteiger partial charge in [-0.1, -0.05) is 25.1 Å². The van der Waals surface area contributed by atoms with E-state index in [9.17, 15) is 9.90 Å². The molecule has 1 aromatic carbocycles. The molecule has 0 amide bonds. The Hall–Kier alpha value is -1.55. The molecule has 0 saturated heterocycles. The van der Waals surface area contributed by atoms with Crippen molar-refractivity contribution >= 4 is 5.97 Å². The summed E-state index contributed by atoms with van der Waals surface area (Å²) in [6, 6.07) is 7.20. The van der Waals surface area contributed by atoms with E-state index in [2.05, 4.69) is 0 Å². The van der Waals surface area contributed by atoms with Gasteiger partial charge in [0.1, 0.15) is 11.8 Å². The van der Waals surface area contributed by atoms with E-state index < -0.39 is 12.0 Å². The van der Waals surface area contributed by atoms with E-state index in [4.69, 9.17) is 4.74 Å². The molecular formula is C14H21NO3. The maximum atomic E-state index is 11.2. The van der Waals surface area contributed by atoms with Crippen LogP contribution in [-0.2, 0) is 4.79 Å². The second kappa shape index (κ2) is 6.40. The van der Waals surface area contributed by atoms with Crippen molar-refractivity contribution in [2.45, 2.75) is 32.4 Å². The van der Waals surface area contributed by atoms with Crippen LogP contribution in [0.15, 0.2) is 24.3 Å². The lowest BCUT2D eigenvalue weighted by molar-refractivity contribution is -0.143. The van der Waals surface area contributed by atoms with Crippen LogP contribution in [-0.4, -0.2) is 36.2 Å². The van der Waals surface area contributed by atoms with Gasteiger partial charge >= 0.3 is 5.97 Å². The highest BCUT2D eigenvalue weighted by atomic mass is 16.5. The highest BCUT2D eigenvalue weighted by Gasteiger charge is 2.26. The zero-order valence-electron chi connectivity index (χ0n) is 11.4. The molecule has 0 aliphatic heterocycles. The van der Waals surface area contributed by atoms with Gasteiger partial charge in [-0.3, -0.25) is 9.69 Å². The van der Waals surface area contributed by atoms with Crippen molar-refractivity contribution in [3.05, 3.63) is 29.8 Å². The number of para-hydroxylation sites is 1. The van der Waals surface area contributed by atoms with E-state index in [1.165, 1.54) is 0 Å². The van der Waals surface area contributed by atoms with Gasteiger partial charge in [0.2, 0.25) is 0 Å². The molecule has 0 aliphatic rings. The lowest BCUT2D eigenvalue weighted by atomic mass is 10.0. The number of nitrogens with zero attached hydrogens (tertiary/aromatic N) is 1. The van der Waals surface area contributed by atoms with Gasteiger partial charge in [0.05, 0.1) is 7.11 Å². The number of rotatable bonds is 6. The number of hydrogen-bond donors (Lipinski definition) is 1. The topological polar surface area (TPSA) is 49.8 Å². The van der Waals surface area contributed by atoms with E-state index in [0.29, 0.717) is 6.42 Å². The zero-order valence-corrected chi connectivity index (χ0v) is 11.4. The molecule has 0 radical (unpaired) electrons. The summed E-state index contributed by atoms with van der Waals surface area (Å²) in [5.41, 5.74) is 1.00. The lowest BCUT2D eigenvalue weighted by Crippen LogP contribution is -2.39. The van der Waals surface area contributed by atoms with E-state index in [-0.39, 0.29) is 6.04 Å². The Morgan fingerprint density at radius 3 is 2.56 bits per heavy atom. The Bertz CT molecular complexity index is 406. The molecule has 4 nitrogen and oxygen atoms in total. The van der Waals surface area contributed by atoms with Gasteiger partial charge in [0.15, 0.2) is 0 Å². The highest BCUT2D eigenvalue weighted by Crippen LogP contribution is 2.29. The molecule has 1 rings (SSSR count). The van der Waals surface area contributed by atoms with Gasteiger partial charge in [-0.25, -0.2) is 0 Å². The van der Waals surface area contributed by atoms with Crippen molar-refractivity contribution in [2.75, 3.05) is 14.2 Å². The molecule has 2 atom stereocenters. The number of benzene rings is 1. The minimum Gasteiger partial charge on any atom is -0.496 e. The summed E-state index contributed by atoms with van der Waals surface area (Å²) >= 11 is 0. The summed E-state index contributed by atoms with van der Waals surface area (Å²) in [4.78, 5) is 13.1. The van der Waals surface area contributed by atoms with Crippen LogP contribution in [0.1, 0.15) is 31.9 Å². The van der Waals surface area contributed by atoms with Crippen LogP contribution in [0.25, 0.3) is 0 Å². The number of carboxylic acid groups (broad SMARTS) is 1. The Morgan fingerprint density at radius 1 is 1.44 bits per heavy atom. The first-order chi connectivity index (χ1) is 8.52. The van der Waals surface area contributed by atoms with Gasteiger partial charge < -0.3 is 9.84 Å². The van der Waals surface area contributed by atoms with Gasteiger partial charge in [0, 0.05) is 11.6 Å². The van der Waals surface area contributed by atoms with Gasteiger partial charge in [0.25, 0.3) is 0 Å². The van der Waals surface area contributed by atoms with E-state index in [1.807, 2.05) is 50.1 Å². The molecule has 0 aromatic heterocycles. The third-order valence-corrected chi connectivity index (χ3v) is 3.36. The average Bonchev–Trinajstić information content (AvgIpc) is 2.38. The Kier molecular flexibility index (Phi) is 5.16. The summed E-state index contributed by atoms with van der Waals surface area (Å²) in [7, 11) is 3.46. The predicted octanol–water partition coefficient (Wildman–Crippen LogP) is 2.55. The number of hydrogen-bond acceptors (Lipinski definition) is 3. The maximum absolute atomic E-state index is 11.2. The highest BCUT2D eigenvalue weighted by molar-refractivity contribution is 5.73. The van der Waals surface area contributed by atoms with Crippen molar-refractivity contribution < 1.29 is 14.6 Å². The Labute approximate surface area is 108 Å². The van der Waals surface area contributed by atoms with Crippen LogP contribution in [0.3, 0.4) is 0 Å². The largest absolute Gasteiger partial charge is 0.496 e. The van der Waals surface area contributed by atoms with E-state index in [1.54, 1.807) is 7.11 Å². The quantitative estimate of drug-likeness (QED) is 0.844. The average molecular weight is 251 g/mol. The normalized spacial score (nSPS) is 14.3. The minimum atomic E-state index is -0.790. The van der Waals surface area contributed by atoms with Gasteiger partial charge in [-0.05, 0) is 26.5 Å². The number of methoxy groups -OCH3 is 1. The molecule has 0 saturated carbocycles. The van der Waals surface area contributed by atoms with Crippen molar-refractivity contribution in [2.24, 2.45) is 0 Å². The fourth-order valence-electron chi connectivity index (χ4n) is 2.14. The summed E-state index contributed by atoms with van der Waals surface area (Å²) in [6.07, 6.45) is 0.575. The number of aliphatic carboxylic acids is 1. The SMILES string of the molecule is CCC(C(=O)O)N(C)C(C)c1ccccc1OC. The smallest absolute Gasteiger partial charge is 0.320 e. The molecule has 1 N–H and O–H groups in total. The number of likely N-dealkylation sites (N-methyl/N-ethyl adjacent to an activating group) is 1. The molecule has 4 heteroatoms. The molecule has 0 bridgehead atoms. The molecule has 0 heterocycles. The monoisotopic (exact) mass is 251 g/mol. The van der Waals surface area contributed by atoms with Crippen LogP contribution in [0.5, 0.6) is 5.75 Å². The molecule has 0 fully saturated rings. The van der Waals surface area contributed by atoms with Gasteiger partial charge in [-0.2, -0.15) is 0 Å². The molecule has 2 unspecified atom stereocenters. The van der Waals surface area contributed by atoms with Crippen LogP contribution in [0.4, 0.5) is 0 Å². The Morgan fingerprint density at radius 2 is 2.06 bits per heavy atom. The molecule has 18 heavy (non-hydrogen) atoms. The van der Waals surface area contributed by atoms with Crippen molar-refractivity contribution in [1.82, 2.24) is 4.90 Å². The zero-order chi connectivity index (χ0) is 13.7. The maximum Gasteiger partial charge on any atom is 0.320 e. The van der Waals surface area contributed by atoms with Crippen LogP contribution < -0.4 is 4.74 Å². The number of ether oxygens (including phenoxy) is 1. The molecular weight excluding hydrogens is 230 g/mol. The van der Waals surface area contributed by atoms with Crippen LogP contribution in [0.2, 0.25) is 0 Å². The third-order valence-electron chi connectivity index (χ3n) is 3.36. The van der Waals surface area contributed by atoms with E-state index >= 15 is 0 Å². The van der Waals surface area contributed by atoms with Crippen molar-refractivity contribution in [3.8, 4) is 5.75 Å². The fraction of sp³-hybridized carbons (Fsp3) is 0.500. The van der Waals surface area contributed by atoms with Gasteiger partial charge in [-0.15, -0.1) is 0 Å². The third kappa shape index (κ3) is 3.01. The van der Waals surface area contributed by atoms with Crippen molar-refractivity contribution in [3.63, 3.8) is 0 Å². The molecule has 0 aliphatic carbocycles. The molecule has 100 valence electrons. The van der Waals surface area contributed by atoms with Crippen LogP contribution in [0, 0.1) is 0 Å². The van der Waals surface area contributed by atoms with E-state index in [0.717, 1.165) is 11.3 Å². The predicted molar refractivity (Wildman–Crippen MR) is 70.9 cm³/mol. The lowest BCUT2D eigenvalue weighted by Gasteiger charge is -2.30. The fourth-order valence-corrected chi connectivity index (χ4v) is 2.14.